The predicted molar refractivity (Wildman–Crippen MR) is 96.5 cm³/mol. The molecule has 0 saturated carbocycles. The highest BCUT2D eigenvalue weighted by Crippen LogP contribution is 2.29. The van der Waals surface area contributed by atoms with E-state index in [1.807, 2.05) is 0 Å². The fourth-order valence-electron chi connectivity index (χ4n) is 2.79. The van der Waals surface area contributed by atoms with Crippen LogP contribution in [0, 0.1) is 17.0 Å². The third-order valence-corrected chi connectivity index (χ3v) is 6.22. The minimum absolute atomic E-state index is 0. The Bertz CT molecular complexity index is 690. The molecule has 142 valence electrons. The summed E-state index contributed by atoms with van der Waals surface area (Å²) in [7, 11) is -3.74. The lowest BCUT2D eigenvalue weighted by Crippen LogP contribution is -2.41. The average molecular weight is 394 g/mol. The van der Waals surface area contributed by atoms with E-state index in [-0.39, 0.29) is 34.7 Å². The van der Waals surface area contributed by atoms with E-state index in [1.165, 1.54) is 29.4 Å². The first-order valence-electron chi connectivity index (χ1n) is 7.93. The van der Waals surface area contributed by atoms with Crippen molar-refractivity contribution in [1.82, 2.24) is 4.31 Å². The zero-order valence-electron chi connectivity index (χ0n) is 14.1. The molecule has 0 spiro atoms. The maximum absolute atomic E-state index is 12.8. The molecule has 0 aromatic heterocycles. The largest absolute Gasteiger partial charge is 0.378 e. The normalized spacial score (nSPS) is 16.4. The number of ether oxygens (including phenoxy) is 1. The number of rotatable bonds is 7. The van der Waals surface area contributed by atoms with Gasteiger partial charge in [-0.15, -0.1) is 12.4 Å². The second-order valence-electron chi connectivity index (χ2n) is 5.77. The Morgan fingerprint density at radius 3 is 2.56 bits per heavy atom. The molecule has 0 aliphatic carbocycles. The van der Waals surface area contributed by atoms with Crippen LogP contribution in [-0.4, -0.2) is 50.0 Å². The molecule has 0 unspecified atom stereocenters. The van der Waals surface area contributed by atoms with Crippen LogP contribution in [0.3, 0.4) is 0 Å². The summed E-state index contributed by atoms with van der Waals surface area (Å²) in [4.78, 5) is 10.5. The Hall–Kier alpha value is -1.26. The monoisotopic (exact) mass is 393 g/mol. The molecule has 0 bridgehead atoms. The van der Waals surface area contributed by atoms with Gasteiger partial charge in [0.1, 0.15) is 0 Å². The smallest absolute Gasteiger partial charge is 0.273 e. The average Bonchev–Trinajstić information content (AvgIpc) is 2.55. The van der Waals surface area contributed by atoms with Gasteiger partial charge in [0.15, 0.2) is 0 Å². The predicted octanol–water partition coefficient (Wildman–Crippen LogP) is 1.84. The van der Waals surface area contributed by atoms with Crippen molar-refractivity contribution in [3.8, 4) is 0 Å². The zero-order chi connectivity index (χ0) is 17.7. The van der Waals surface area contributed by atoms with Crippen LogP contribution in [0.25, 0.3) is 0 Å². The van der Waals surface area contributed by atoms with E-state index in [1.54, 1.807) is 0 Å². The number of hydrogen-bond acceptors (Lipinski definition) is 6. The first-order valence-corrected chi connectivity index (χ1v) is 9.37. The van der Waals surface area contributed by atoms with Gasteiger partial charge in [-0.2, -0.15) is 4.31 Å². The summed E-state index contributed by atoms with van der Waals surface area (Å²) < 4.78 is 32.6. The molecule has 8 nitrogen and oxygen atoms in total. The number of halogens is 1. The first-order chi connectivity index (χ1) is 11.4. The summed E-state index contributed by atoms with van der Waals surface area (Å²) in [5.74, 6) is 0. The van der Waals surface area contributed by atoms with Gasteiger partial charge in [0, 0.05) is 31.3 Å². The number of benzene rings is 1. The van der Waals surface area contributed by atoms with Crippen LogP contribution in [-0.2, 0) is 14.8 Å². The van der Waals surface area contributed by atoms with Crippen molar-refractivity contribution in [2.75, 3.05) is 26.2 Å². The molecule has 0 atom stereocenters. The molecule has 1 fully saturated rings. The van der Waals surface area contributed by atoms with Crippen molar-refractivity contribution < 1.29 is 18.1 Å². The molecule has 1 aliphatic heterocycles. The summed E-state index contributed by atoms with van der Waals surface area (Å²) in [5.41, 5.74) is 5.41. The molecule has 2 N–H and O–H groups in total. The van der Waals surface area contributed by atoms with E-state index in [0.29, 0.717) is 39.1 Å². The van der Waals surface area contributed by atoms with Gasteiger partial charge in [0.25, 0.3) is 5.69 Å². The molecular weight excluding hydrogens is 370 g/mol. The first kappa shape index (κ1) is 21.8. The fraction of sp³-hybridized carbons (Fsp3) is 0.600. The van der Waals surface area contributed by atoms with Gasteiger partial charge < -0.3 is 10.5 Å². The highest BCUT2D eigenvalue weighted by Gasteiger charge is 2.32. The highest BCUT2D eigenvalue weighted by atomic mass is 35.5. The van der Waals surface area contributed by atoms with E-state index < -0.39 is 14.9 Å². The van der Waals surface area contributed by atoms with Crippen LogP contribution >= 0.6 is 12.4 Å². The number of nitro benzene ring substituents is 1. The minimum atomic E-state index is -3.74. The molecule has 10 heteroatoms. The molecule has 0 amide bonds. The quantitative estimate of drug-likeness (QED) is 0.429. The van der Waals surface area contributed by atoms with E-state index in [2.05, 4.69) is 0 Å². The summed E-state index contributed by atoms with van der Waals surface area (Å²) >= 11 is 0. The van der Waals surface area contributed by atoms with Crippen LogP contribution in [0.15, 0.2) is 23.1 Å². The Labute approximate surface area is 153 Å². The molecule has 0 radical (unpaired) electrons. The highest BCUT2D eigenvalue weighted by molar-refractivity contribution is 7.89. The lowest BCUT2D eigenvalue weighted by molar-refractivity contribution is -0.385. The molecule has 25 heavy (non-hydrogen) atoms. The number of piperidine rings is 1. The van der Waals surface area contributed by atoms with Crippen molar-refractivity contribution in [2.45, 2.75) is 37.2 Å². The molecule has 2 rings (SSSR count). The zero-order valence-corrected chi connectivity index (χ0v) is 15.7. The number of nitrogens with zero attached hydrogens (tertiary/aromatic N) is 2. The van der Waals surface area contributed by atoms with Gasteiger partial charge in [0.2, 0.25) is 10.0 Å². The Balaban J connectivity index is 0.00000312. The van der Waals surface area contributed by atoms with Crippen molar-refractivity contribution >= 4 is 28.1 Å². The number of nitrogens with two attached hydrogens (primary N) is 1. The lowest BCUT2D eigenvalue weighted by atomic mass is 10.1. The Morgan fingerprint density at radius 2 is 2.00 bits per heavy atom. The van der Waals surface area contributed by atoms with Crippen LogP contribution in [0.5, 0.6) is 0 Å². The molecular formula is C15H24ClN3O5S. The number of sulfonamides is 1. The molecule has 1 heterocycles. The Morgan fingerprint density at radius 1 is 1.36 bits per heavy atom. The molecule has 1 aromatic carbocycles. The summed E-state index contributed by atoms with van der Waals surface area (Å²) in [5, 5.41) is 11.0. The fourth-order valence-corrected chi connectivity index (χ4v) is 4.50. The number of hydrogen-bond donors (Lipinski definition) is 1. The van der Waals surface area contributed by atoms with Crippen molar-refractivity contribution in [3.05, 3.63) is 33.9 Å². The third-order valence-electron chi connectivity index (χ3n) is 4.17. The topological polar surface area (TPSA) is 116 Å². The maximum atomic E-state index is 12.8. The van der Waals surface area contributed by atoms with Gasteiger partial charge in [-0.3, -0.25) is 10.1 Å². The van der Waals surface area contributed by atoms with Crippen molar-refractivity contribution in [2.24, 2.45) is 5.73 Å². The molecule has 1 saturated heterocycles. The van der Waals surface area contributed by atoms with Gasteiger partial charge in [0.05, 0.1) is 15.9 Å². The van der Waals surface area contributed by atoms with Crippen LogP contribution in [0.4, 0.5) is 5.69 Å². The van der Waals surface area contributed by atoms with E-state index in [9.17, 15) is 18.5 Å². The third kappa shape index (κ3) is 5.11. The minimum Gasteiger partial charge on any atom is -0.378 e. The maximum Gasteiger partial charge on any atom is 0.273 e. The molecule has 1 aromatic rings. The van der Waals surface area contributed by atoms with E-state index in [0.717, 1.165) is 6.42 Å². The summed E-state index contributed by atoms with van der Waals surface area (Å²) in [6.45, 7) is 3.31. The van der Waals surface area contributed by atoms with Crippen molar-refractivity contribution in [3.63, 3.8) is 0 Å². The standard InChI is InChI=1S/C15H23N3O5S.ClH/c1-12-14(18(19)20)4-2-5-15(12)24(21,22)17-9-6-13(7-10-17)23-11-3-8-16;/h2,4-5,13H,3,6-11,16H2,1H3;1H. The van der Waals surface area contributed by atoms with Crippen LogP contribution in [0.2, 0.25) is 0 Å². The lowest BCUT2D eigenvalue weighted by Gasteiger charge is -2.31. The van der Waals surface area contributed by atoms with Gasteiger partial charge in [-0.1, -0.05) is 6.07 Å². The summed E-state index contributed by atoms with van der Waals surface area (Å²) in [6, 6.07) is 4.13. The van der Waals surface area contributed by atoms with E-state index >= 15 is 0 Å². The summed E-state index contributed by atoms with van der Waals surface area (Å²) in [6.07, 6.45) is 2.04. The second-order valence-corrected chi connectivity index (χ2v) is 7.68. The Kier molecular flexibility index (Phi) is 8.23. The van der Waals surface area contributed by atoms with Gasteiger partial charge >= 0.3 is 0 Å². The van der Waals surface area contributed by atoms with Gasteiger partial charge in [-0.25, -0.2) is 8.42 Å². The SMILES string of the molecule is Cc1c([N+](=O)[O-])cccc1S(=O)(=O)N1CCC(OCCCN)CC1.Cl. The number of nitro groups is 1. The second kappa shape index (κ2) is 9.44. The van der Waals surface area contributed by atoms with Crippen LogP contribution in [0.1, 0.15) is 24.8 Å². The van der Waals surface area contributed by atoms with Crippen LogP contribution < -0.4 is 5.73 Å². The van der Waals surface area contributed by atoms with Crippen molar-refractivity contribution in [1.29, 1.82) is 0 Å². The molecule has 1 aliphatic rings. The van der Waals surface area contributed by atoms with E-state index in [4.69, 9.17) is 10.5 Å². The van der Waals surface area contributed by atoms with Gasteiger partial charge in [-0.05, 0) is 38.8 Å².